The van der Waals surface area contributed by atoms with Gasteiger partial charge < -0.3 is 25.3 Å². The fourth-order valence-corrected chi connectivity index (χ4v) is 2.02. The normalized spacial score (nSPS) is 12.0. The molecule has 0 aliphatic heterocycles. The highest BCUT2D eigenvalue weighted by Gasteiger charge is 2.15. The van der Waals surface area contributed by atoms with Crippen LogP contribution in [-0.4, -0.2) is 58.6 Å². The van der Waals surface area contributed by atoms with Crippen molar-refractivity contribution in [2.24, 2.45) is 4.99 Å². The number of carbonyl (C=O) groups excluding carboxylic acids is 1. The Hall–Kier alpha value is -2.32. The minimum atomic E-state index is -0.497. The van der Waals surface area contributed by atoms with E-state index >= 15 is 0 Å². The van der Waals surface area contributed by atoms with Crippen molar-refractivity contribution in [3.63, 3.8) is 0 Å². The second-order valence-electron chi connectivity index (χ2n) is 6.41. The number of nitrogens with zero attached hydrogens (tertiary/aromatic N) is 4. The summed E-state index contributed by atoms with van der Waals surface area (Å²) in [7, 11) is 0. The van der Waals surface area contributed by atoms with Gasteiger partial charge in [0.25, 0.3) is 0 Å². The molecule has 0 atom stereocenters. The van der Waals surface area contributed by atoms with E-state index in [2.05, 4.69) is 38.1 Å². The number of carbonyl (C=O) groups is 1. The van der Waals surface area contributed by atoms with E-state index in [9.17, 15) is 4.79 Å². The molecule has 0 aromatic carbocycles. The van der Waals surface area contributed by atoms with Crippen molar-refractivity contribution in [1.29, 1.82) is 0 Å². The second-order valence-corrected chi connectivity index (χ2v) is 6.41. The van der Waals surface area contributed by atoms with E-state index in [1.807, 2.05) is 32.3 Å². The van der Waals surface area contributed by atoms with Crippen molar-refractivity contribution in [2.75, 3.05) is 26.2 Å². The van der Waals surface area contributed by atoms with E-state index in [1.54, 1.807) is 6.33 Å². The van der Waals surface area contributed by atoms with Crippen LogP contribution in [0.15, 0.2) is 11.3 Å². The number of alkyl carbamates (subject to hydrolysis) is 1. The van der Waals surface area contributed by atoms with Crippen LogP contribution in [0.3, 0.4) is 0 Å². The zero-order valence-corrected chi connectivity index (χ0v) is 15.9. The number of aromatic nitrogens is 3. The molecule has 9 heteroatoms. The van der Waals surface area contributed by atoms with E-state index in [-0.39, 0.29) is 0 Å². The summed E-state index contributed by atoms with van der Waals surface area (Å²) in [6.45, 7) is 12.7. The first-order valence-corrected chi connectivity index (χ1v) is 8.71. The maximum absolute atomic E-state index is 11.6. The molecule has 0 fully saturated rings. The molecular formula is C16H31N7O2. The van der Waals surface area contributed by atoms with Crippen molar-refractivity contribution >= 4 is 12.1 Å². The van der Waals surface area contributed by atoms with Gasteiger partial charge in [-0.05, 0) is 27.7 Å². The standard InChI is InChI=1S/C16H31N7O2/c1-6-13-22-21-12-23(13)11-10-19-14(17-7-2)18-8-9-20-15(24)25-16(3,4)5/h12H,6-11H2,1-5H3,(H,20,24)(H2,17,18,19). The van der Waals surface area contributed by atoms with Gasteiger partial charge in [-0.3, -0.25) is 4.99 Å². The van der Waals surface area contributed by atoms with Gasteiger partial charge in [0, 0.05) is 32.6 Å². The average Bonchev–Trinajstić information content (AvgIpc) is 2.97. The van der Waals surface area contributed by atoms with E-state index in [1.165, 1.54) is 0 Å². The van der Waals surface area contributed by atoms with Crippen LogP contribution in [0, 0.1) is 0 Å². The third-order valence-electron chi connectivity index (χ3n) is 3.05. The molecule has 1 aromatic rings. The SMILES string of the molecule is CCNC(=NCCNC(=O)OC(C)(C)C)NCCn1cnnc1CC. The molecule has 0 aliphatic rings. The van der Waals surface area contributed by atoms with Gasteiger partial charge in [0.2, 0.25) is 0 Å². The van der Waals surface area contributed by atoms with Crippen LogP contribution in [-0.2, 0) is 17.7 Å². The number of aliphatic imine (C=N–C) groups is 1. The first-order chi connectivity index (χ1) is 11.9. The Balaban J connectivity index is 2.34. The lowest BCUT2D eigenvalue weighted by Gasteiger charge is -2.19. The number of ether oxygens (including phenoxy) is 1. The van der Waals surface area contributed by atoms with E-state index in [4.69, 9.17) is 4.74 Å². The van der Waals surface area contributed by atoms with Gasteiger partial charge in [-0.1, -0.05) is 6.92 Å². The van der Waals surface area contributed by atoms with Crippen molar-refractivity contribution in [1.82, 2.24) is 30.7 Å². The minimum Gasteiger partial charge on any atom is -0.444 e. The highest BCUT2D eigenvalue weighted by Crippen LogP contribution is 2.06. The molecular weight excluding hydrogens is 322 g/mol. The van der Waals surface area contributed by atoms with Gasteiger partial charge in [-0.15, -0.1) is 10.2 Å². The van der Waals surface area contributed by atoms with Gasteiger partial charge in [0.15, 0.2) is 5.96 Å². The predicted molar refractivity (Wildman–Crippen MR) is 97.6 cm³/mol. The number of nitrogens with one attached hydrogen (secondary N) is 3. The van der Waals surface area contributed by atoms with Crippen molar-refractivity contribution in [3.8, 4) is 0 Å². The lowest BCUT2D eigenvalue weighted by molar-refractivity contribution is 0.0529. The number of amides is 1. The lowest BCUT2D eigenvalue weighted by atomic mass is 10.2. The average molecular weight is 353 g/mol. The fourth-order valence-electron chi connectivity index (χ4n) is 2.02. The molecule has 0 saturated heterocycles. The van der Waals surface area contributed by atoms with Gasteiger partial charge in [0.1, 0.15) is 17.8 Å². The molecule has 1 rings (SSSR count). The smallest absolute Gasteiger partial charge is 0.407 e. The Morgan fingerprint density at radius 3 is 2.64 bits per heavy atom. The third-order valence-corrected chi connectivity index (χ3v) is 3.05. The summed E-state index contributed by atoms with van der Waals surface area (Å²) in [6.07, 6.45) is 2.15. The number of aryl methyl sites for hydroxylation is 1. The summed E-state index contributed by atoms with van der Waals surface area (Å²) in [4.78, 5) is 16.0. The highest BCUT2D eigenvalue weighted by molar-refractivity contribution is 5.79. The first-order valence-electron chi connectivity index (χ1n) is 8.71. The Morgan fingerprint density at radius 2 is 2.00 bits per heavy atom. The maximum Gasteiger partial charge on any atom is 0.407 e. The Morgan fingerprint density at radius 1 is 1.24 bits per heavy atom. The van der Waals surface area contributed by atoms with Crippen LogP contribution >= 0.6 is 0 Å². The summed E-state index contributed by atoms with van der Waals surface area (Å²) in [6, 6.07) is 0. The summed E-state index contributed by atoms with van der Waals surface area (Å²) in [5.41, 5.74) is -0.497. The summed E-state index contributed by atoms with van der Waals surface area (Å²) in [5, 5.41) is 17.1. The zero-order valence-electron chi connectivity index (χ0n) is 15.9. The highest BCUT2D eigenvalue weighted by atomic mass is 16.6. The molecule has 0 aliphatic carbocycles. The van der Waals surface area contributed by atoms with Gasteiger partial charge in [-0.25, -0.2) is 4.79 Å². The molecule has 1 heterocycles. The van der Waals surface area contributed by atoms with Crippen LogP contribution in [0.1, 0.15) is 40.4 Å². The second kappa shape index (κ2) is 10.5. The van der Waals surface area contributed by atoms with E-state index in [0.717, 1.165) is 25.3 Å². The molecule has 1 amide bonds. The number of guanidine groups is 1. The molecule has 3 N–H and O–H groups in total. The van der Waals surface area contributed by atoms with Gasteiger partial charge >= 0.3 is 6.09 Å². The molecule has 142 valence electrons. The summed E-state index contributed by atoms with van der Waals surface area (Å²) in [5.74, 6) is 1.67. The van der Waals surface area contributed by atoms with Crippen molar-refractivity contribution < 1.29 is 9.53 Å². The molecule has 9 nitrogen and oxygen atoms in total. The Bertz CT molecular complexity index is 549. The number of hydrogen-bond donors (Lipinski definition) is 3. The van der Waals surface area contributed by atoms with Crippen LogP contribution in [0.2, 0.25) is 0 Å². The molecule has 0 spiro atoms. The molecule has 0 saturated carbocycles. The molecule has 25 heavy (non-hydrogen) atoms. The summed E-state index contributed by atoms with van der Waals surface area (Å²) < 4.78 is 7.19. The zero-order chi connectivity index (χ0) is 18.7. The van der Waals surface area contributed by atoms with Crippen LogP contribution in [0.5, 0.6) is 0 Å². The van der Waals surface area contributed by atoms with Gasteiger partial charge in [-0.2, -0.15) is 0 Å². The Kier molecular flexibility index (Phi) is 8.73. The first kappa shape index (κ1) is 20.7. The third kappa shape index (κ3) is 8.92. The predicted octanol–water partition coefficient (Wildman–Crippen LogP) is 0.920. The fraction of sp³-hybridized carbons (Fsp3) is 0.750. The van der Waals surface area contributed by atoms with Crippen LogP contribution < -0.4 is 16.0 Å². The number of hydrogen-bond acceptors (Lipinski definition) is 5. The molecule has 0 bridgehead atoms. The quantitative estimate of drug-likeness (QED) is 0.365. The molecule has 0 radical (unpaired) electrons. The molecule has 0 unspecified atom stereocenters. The lowest BCUT2D eigenvalue weighted by Crippen LogP contribution is -2.40. The van der Waals surface area contributed by atoms with Crippen molar-refractivity contribution in [2.45, 2.75) is 53.2 Å². The largest absolute Gasteiger partial charge is 0.444 e. The van der Waals surface area contributed by atoms with Gasteiger partial charge in [0.05, 0.1) is 6.54 Å². The monoisotopic (exact) mass is 353 g/mol. The minimum absolute atomic E-state index is 0.414. The number of rotatable bonds is 8. The topological polar surface area (TPSA) is 105 Å². The van der Waals surface area contributed by atoms with E-state index < -0.39 is 11.7 Å². The maximum atomic E-state index is 11.6. The summed E-state index contributed by atoms with van der Waals surface area (Å²) >= 11 is 0. The van der Waals surface area contributed by atoms with Crippen LogP contribution in [0.4, 0.5) is 4.79 Å². The molecule has 1 aromatic heterocycles. The van der Waals surface area contributed by atoms with Crippen LogP contribution in [0.25, 0.3) is 0 Å². The van der Waals surface area contributed by atoms with Crippen molar-refractivity contribution in [3.05, 3.63) is 12.2 Å². The Labute approximate surface area is 149 Å². The van der Waals surface area contributed by atoms with E-state index in [0.29, 0.717) is 25.6 Å².